The van der Waals surface area contributed by atoms with Crippen molar-refractivity contribution in [2.24, 2.45) is 0 Å². The Labute approximate surface area is 236 Å². The van der Waals surface area contributed by atoms with Gasteiger partial charge in [-0.2, -0.15) is 0 Å². The fourth-order valence-electron chi connectivity index (χ4n) is 6.23. The highest BCUT2D eigenvalue weighted by Gasteiger charge is 2.17. The first kappa shape index (κ1) is 24.1. The Kier molecular flexibility index (Phi) is 6.02. The number of hydrogen-bond acceptors (Lipinski definition) is 0. The predicted molar refractivity (Wildman–Crippen MR) is 173 cm³/mol. The molecule has 0 fully saturated rings. The van der Waals surface area contributed by atoms with Gasteiger partial charge in [0, 0.05) is 0 Å². The zero-order chi connectivity index (χ0) is 27.1. The fourth-order valence-corrected chi connectivity index (χ4v) is 6.23. The van der Waals surface area contributed by atoms with Crippen molar-refractivity contribution < 1.29 is 0 Å². The van der Waals surface area contributed by atoms with Gasteiger partial charge in [0.15, 0.2) is 0 Å². The largest absolute Gasteiger partial charge is 0.0620 e. The topological polar surface area (TPSA) is 0 Å². The van der Waals surface area contributed by atoms with Crippen molar-refractivity contribution in [2.45, 2.75) is 13.8 Å². The summed E-state index contributed by atoms with van der Waals surface area (Å²) in [7, 11) is 0. The molecule has 0 unspecified atom stereocenters. The average Bonchev–Trinajstić information content (AvgIpc) is 3.00. The SMILES string of the molecule is Cc1ccccc1-c1cccc(-c2c3ccccc3c(-c3cccc(-c4ccccc4C)c3)c3ccccc23)c1. The van der Waals surface area contributed by atoms with Crippen LogP contribution >= 0.6 is 0 Å². The van der Waals surface area contributed by atoms with Crippen LogP contribution in [0.15, 0.2) is 146 Å². The van der Waals surface area contributed by atoms with Gasteiger partial charge in [-0.1, -0.05) is 133 Å². The first-order valence-electron chi connectivity index (χ1n) is 14.0. The molecule has 0 saturated heterocycles. The van der Waals surface area contributed by atoms with Crippen molar-refractivity contribution in [3.05, 3.63) is 157 Å². The van der Waals surface area contributed by atoms with Crippen molar-refractivity contribution in [2.75, 3.05) is 0 Å². The Hall–Kier alpha value is -4.94. The second-order valence-electron chi connectivity index (χ2n) is 10.6. The lowest BCUT2D eigenvalue weighted by atomic mass is 9.84. The van der Waals surface area contributed by atoms with E-state index in [2.05, 4.69) is 159 Å². The summed E-state index contributed by atoms with van der Waals surface area (Å²) in [6, 6.07) is 53.1. The van der Waals surface area contributed by atoms with Gasteiger partial charge in [0.05, 0.1) is 0 Å². The van der Waals surface area contributed by atoms with Gasteiger partial charge in [0.25, 0.3) is 0 Å². The van der Waals surface area contributed by atoms with Crippen molar-refractivity contribution >= 4 is 21.5 Å². The number of benzene rings is 7. The Bertz CT molecular complexity index is 1820. The van der Waals surface area contributed by atoms with Crippen LogP contribution in [0, 0.1) is 13.8 Å². The first-order chi connectivity index (χ1) is 19.7. The molecule has 40 heavy (non-hydrogen) atoms. The number of hydrogen-bond donors (Lipinski definition) is 0. The third kappa shape index (κ3) is 4.10. The maximum Gasteiger partial charge on any atom is -0.00262 e. The molecule has 0 heteroatoms. The molecule has 0 amide bonds. The second kappa shape index (κ2) is 9.98. The molecule has 0 saturated carbocycles. The van der Waals surface area contributed by atoms with E-state index >= 15 is 0 Å². The van der Waals surface area contributed by atoms with E-state index in [0.717, 1.165) is 0 Å². The molecule has 7 aromatic carbocycles. The van der Waals surface area contributed by atoms with Crippen LogP contribution in [0.4, 0.5) is 0 Å². The van der Waals surface area contributed by atoms with E-state index in [4.69, 9.17) is 0 Å². The lowest BCUT2D eigenvalue weighted by molar-refractivity contribution is 1.46. The van der Waals surface area contributed by atoms with Gasteiger partial charge in [0.1, 0.15) is 0 Å². The number of rotatable bonds is 4. The van der Waals surface area contributed by atoms with Crippen molar-refractivity contribution in [1.82, 2.24) is 0 Å². The minimum absolute atomic E-state index is 1.24. The van der Waals surface area contributed by atoms with Crippen LogP contribution in [0.5, 0.6) is 0 Å². The van der Waals surface area contributed by atoms with E-state index < -0.39 is 0 Å². The van der Waals surface area contributed by atoms with E-state index in [1.54, 1.807) is 0 Å². The minimum Gasteiger partial charge on any atom is -0.0620 e. The summed E-state index contributed by atoms with van der Waals surface area (Å²) in [5, 5.41) is 5.11. The van der Waals surface area contributed by atoms with E-state index in [-0.39, 0.29) is 0 Å². The van der Waals surface area contributed by atoms with Crippen LogP contribution in [-0.2, 0) is 0 Å². The normalized spacial score (nSPS) is 11.2. The third-order valence-electron chi connectivity index (χ3n) is 8.15. The molecule has 0 radical (unpaired) electrons. The maximum absolute atomic E-state index is 2.36. The fraction of sp³-hybridized carbons (Fsp3) is 0.0500. The Morgan fingerprint density at radius 1 is 0.300 bits per heavy atom. The van der Waals surface area contributed by atoms with Gasteiger partial charge in [0.2, 0.25) is 0 Å². The molecule has 7 aromatic rings. The van der Waals surface area contributed by atoms with Crippen LogP contribution in [0.2, 0.25) is 0 Å². The molecule has 0 aromatic heterocycles. The van der Waals surface area contributed by atoms with E-state index in [1.807, 2.05) is 0 Å². The summed E-state index contributed by atoms with van der Waals surface area (Å²) in [4.78, 5) is 0. The molecule has 0 atom stereocenters. The lowest BCUT2D eigenvalue weighted by Gasteiger charge is -2.19. The van der Waals surface area contributed by atoms with Gasteiger partial charge >= 0.3 is 0 Å². The van der Waals surface area contributed by atoms with Crippen LogP contribution < -0.4 is 0 Å². The highest BCUT2D eigenvalue weighted by Crippen LogP contribution is 2.44. The monoisotopic (exact) mass is 510 g/mol. The highest BCUT2D eigenvalue weighted by atomic mass is 14.2. The van der Waals surface area contributed by atoms with Gasteiger partial charge in [-0.3, -0.25) is 0 Å². The summed E-state index contributed by atoms with van der Waals surface area (Å²) in [5.41, 5.74) is 12.7. The summed E-state index contributed by atoms with van der Waals surface area (Å²) in [6.07, 6.45) is 0. The number of fused-ring (bicyclic) bond motifs is 2. The Morgan fingerprint density at radius 2 is 0.625 bits per heavy atom. The molecule has 0 nitrogen and oxygen atoms in total. The smallest absolute Gasteiger partial charge is 0.00262 e. The molecule has 0 spiro atoms. The third-order valence-corrected chi connectivity index (χ3v) is 8.15. The van der Waals surface area contributed by atoms with Crippen LogP contribution in [-0.4, -0.2) is 0 Å². The molecule has 0 aliphatic carbocycles. The zero-order valence-electron chi connectivity index (χ0n) is 22.9. The van der Waals surface area contributed by atoms with Gasteiger partial charge in [-0.25, -0.2) is 0 Å². The van der Waals surface area contributed by atoms with Gasteiger partial charge in [-0.15, -0.1) is 0 Å². The highest BCUT2D eigenvalue weighted by molar-refractivity contribution is 6.21. The van der Waals surface area contributed by atoms with Crippen LogP contribution in [0.3, 0.4) is 0 Å². The van der Waals surface area contributed by atoms with Gasteiger partial charge < -0.3 is 0 Å². The summed E-state index contributed by atoms with van der Waals surface area (Å²) in [6.45, 7) is 4.37. The van der Waals surface area contributed by atoms with E-state index in [1.165, 1.54) is 77.2 Å². The van der Waals surface area contributed by atoms with Crippen molar-refractivity contribution in [1.29, 1.82) is 0 Å². The van der Waals surface area contributed by atoms with Crippen LogP contribution in [0.25, 0.3) is 66.1 Å². The van der Waals surface area contributed by atoms with Crippen molar-refractivity contribution in [3.8, 4) is 44.5 Å². The lowest BCUT2D eigenvalue weighted by Crippen LogP contribution is -1.92. The molecular formula is C40H30. The molecule has 0 bridgehead atoms. The molecule has 0 N–H and O–H groups in total. The van der Waals surface area contributed by atoms with E-state index in [9.17, 15) is 0 Å². The second-order valence-corrected chi connectivity index (χ2v) is 10.6. The molecule has 0 heterocycles. The summed E-state index contributed by atoms with van der Waals surface area (Å²) in [5.74, 6) is 0. The molecule has 0 aliphatic rings. The molecule has 0 aliphatic heterocycles. The van der Waals surface area contributed by atoms with Crippen molar-refractivity contribution in [3.63, 3.8) is 0 Å². The first-order valence-corrected chi connectivity index (χ1v) is 14.0. The molecule has 7 rings (SSSR count). The standard InChI is InChI=1S/C40H30/c1-27-13-3-5-19-33(27)29-15-11-17-31(25-29)39-35-21-7-9-23-37(35)40(38-24-10-8-22-36(38)39)32-18-12-16-30(26-32)34-20-6-4-14-28(34)2/h3-26H,1-2H3. The van der Waals surface area contributed by atoms with E-state index in [0.29, 0.717) is 0 Å². The quantitative estimate of drug-likeness (QED) is 0.207. The maximum atomic E-state index is 2.36. The summed E-state index contributed by atoms with van der Waals surface area (Å²) >= 11 is 0. The molecular weight excluding hydrogens is 480 g/mol. The van der Waals surface area contributed by atoms with Crippen LogP contribution in [0.1, 0.15) is 11.1 Å². The zero-order valence-corrected chi connectivity index (χ0v) is 22.9. The molecule has 190 valence electrons. The minimum atomic E-state index is 1.24. The Balaban J connectivity index is 1.51. The summed E-state index contributed by atoms with van der Waals surface area (Å²) < 4.78 is 0. The number of aryl methyl sites for hydroxylation is 2. The average molecular weight is 511 g/mol. The van der Waals surface area contributed by atoms with Gasteiger partial charge in [-0.05, 0) is 103 Å². The predicted octanol–water partition coefficient (Wildman–Crippen LogP) is 11.3. The Morgan fingerprint density at radius 3 is 1.00 bits per heavy atom.